The van der Waals surface area contributed by atoms with Crippen molar-refractivity contribution in [1.82, 2.24) is 5.43 Å². The first-order valence-corrected chi connectivity index (χ1v) is 7.55. The zero-order valence-corrected chi connectivity index (χ0v) is 12.5. The molecule has 3 nitrogen and oxygen atoms in total. The molecule has 3 aromatic rings. The standard InChI is InChI=1S/C14H13BrN2OS/c15-14-6-5-9(19-14)7-12(17-16)11-8-18-13-4-2-1-3-10(11)13/h1-6,8,12,17H,7,16H2. The lowest BCUT2D eigenvalue weighted by atomic mass is 10.0. The Hall–Kier alpha value is -1.14. The van der Waals surface area contributed by atoms with Crippen molar-refractivity contribution in [3.8, 4) is 0 Å². The molecule has 0 aliphatic heterocycles. The molecule has 1 aromatic carbocycles. The number of para-hydroxylation sites is 1. The first kappa shape index (κ1) is 12.9. The molecule has 2 aromatic heterocycles. The molecule has 0 saturated carbocycles. The van der Waals surface area contributed by atoms with E-state index >= 15 is 0 Å². The summed E-state index contributed by atoms with van der Waals surface area (Å²) in [5.41, 5.74) is 4.88. The largest absolute Gasteiger partial charge is 0.464 e. The number of nitrogens with two attached hydrogens (primary N) is 1. The monoisotopic (exact) mass is 336 g/mol. The molecule has 0 saturated heterocycles. The number of nitrogens with one attached hydrogen (secondary N) is 1. The van der Waals surface area contributed by atoms with Crippen LogP contribution in [0, 0.1) is 0 Å². The van der Waals surface area contributed by atoms with Crippen LogP contribution in [-0.2, 0) is 6.42 Å². The lowest BCUT2D eigenvalue weighted by Gasteiger charge is -2.13. The van der Waals surface area contributed by atoms with Gasteiger partial charge in [-0.3, -0.25) is 11.3 Å². The Kier molecular flexibility index (Phi) is 3.70. The van der Waals surface area contributed by atoms with E-state index in [9.17, 15) is 0 Å². The van der Waals surface area contributed by atoms with E-state index in [2.05, 4.69) is 39.6 Å². The lowest BCUT2D eigenvalue weighted by Crippen LogP contribution is -2.29. The first-order chi connectivity index (χ1) is 9.28. The van der Waals surface area contributed by atoms with Crippen molar-refractivity contribution in [2.24, 2.45) is 5.84 Å². The van der Waals surface area contributed by atoms with Crippen LogP contribution in [0.1, 0.15) is 16.5 Å². The number of hydrazine groups is 1. The maximum Gasteiger partial charge on any atom is 0.134 e. The molecule has 98 valence electrons. The summed E-state index contributed by atoms with van der Waals surface area (Å²) in [6, 6.07) is 12.2. The average Bonchev–Trinajstić information content (AvgIpc) is 3.02. The van der Waals surface area contributed by atoms with Gasteiger partial charge < -0.3 is 4.42 Å². The minimum Gasteiger partial charge on any atom is -0.464 e. The number of fused-ring (bicyclic) bond motifs is 1. The molecule has 0 aliphatic rings. The third-order valence-corrected chi connectivity index (χ3v) is 4.77. The van der Waals surface area contributed by atoms with E-state index in [0.717, 1.165) is 26.7 Å². The number of rotatable bonds is 4. The van der Waals surface area contributed by atoms with Crippen molar-refractivity contribution < 1.29 is 4.42 Å². The molecule has 0 radical (unpaired) electrons. The Bertz CT molecular complexity index is 691. The van der Waals surface area contributed by atoms with E-state index in [1.807, 2.05) is 18.2 Å². The number of thiophene rings is 1. The third-order valence-electron chi connectivity index (χ3n) is 3.12. The van der Waals surface area contributed by atoms with Gasteiger partial charge in [0.1, 0.15) is 5.58 Å². The van der Waals surface area contributed by atoms with Crippen molar-refractivity contribution in [1.29, 1.82) is 0 Å². The molecule has 5 heteroatoms. The van der Waals surface area contributed by atoms with Crippen LogP contribution in [0.3, 0.4) is 0 Å². The fraction of sp³-hybridized carbons (Fsp3) is 0.143. The van der Waals surface area contributed by atoms with E-state index in [0.29, 0.717) is 0 Å². The van der Waals surface area contributed by atoms with E-state index in [4.69, 9.17) is 10.3 Å². The van der Waals surface area contributed by atoms with Gasteiger partial charge in [-0.25, -0.2) is 0 Å². The summed E-state index contributed by atoms with van der Waals surface area (Å²) >= 11 is 5.21. The smallest absolute Gasteiger partial charge is 0.134 e. The zero-order chi connectivity index (χ0) is 13.2. The van der Waals surface area contributed by atoms with Crippen LogP contribution in [0.5, 0.6) is 0 Å². The van der Waals surface area contributed by atoms with Crippen LogP contribution in [0.25, 0.3) is 11.0 Å². The van der Waals surface area contributed by atoms with Gasteiger partial charge in [-0.05, 0) is 34.1 Å². The molecule has 0 amide bonds. The van der Waals surface area contributed by atoms with Gasteiger partial charge in [0, 0.05) is 22.2 Å². The highest BCUT2D eigenvalue weighted by Crippen LogP contribution is 2.31. The molecular formula is C14H13BrN2OS. The van der Waals surface area contributed by atoms with E-state index in [-0.39, 0.29) is 6.04 Å². The fourth-order valence-electron chi connectivity index (χ4n) is 2.19. The highest BCUT2D eigenvalue weighted by atomic mass is 79.9. The molecule has 19 heavy (non-hydrogen) atoms. The second kappa shape index (κ2) is 5.46. The quantitative estimate of drug-likeness (QED) is 0.559. The van der Waals surface area contributed by atoms with Crippen molar-refractivity contribution in [2.45, 2.75) is 12.5 Å². The van der Waals surface area contributed by atoms with Crippen molar-refractivity contribution in [3.05, 3.63) is 56.9 Å². The van der Waals surface area contributed by atoms with Gasteiger partial charge in [0.05, 0.1) is 16.1 Å². The van der Waals surface area contributed by atoms with Gasteiger partial charge in [-0.2, -0.15) is 0 Å². The summed E-state index contributed by atoms with van der Waals surface area (Å²) in [6.07, 6.45) is 2.63. The molecule has 1 atom stereocenters. The number of halogens is 1. The predicted molar refractivity (Wildman–Crippen MR) is 82.0 cm³/mol. The zero-order valence-electron chi connectivity index (χ0n) is 10.1. The predicted octanol–water partition coefficient (Wildman–Crippen LogP) is 4.00. The van der Waals surface area contributed by atoms with Crippen LogP contribution < -0.4 is 11.3 Å². The summed E-state index contributed by atoms with van der Waals surface area (Å²) in [6.45, 7) is 0. The Morgan fingerprint density at radius 3 is 2.84 bits per heavy atom. The van der Waals surface area contributed by atoms with Crippen molar-refractivity contribution >= 4 is 38.2 Å². The molecule has 0 aliphatic carbocycles. The minimum absolute atomic E-state index is 0.0502. The summed E-state index contributed by atoms with van der Waals surface area (Å²) in [4.78, 5) is 1.28. The SMILES string of the molecule is NNC(Cc1ccc(Br)s1)c1coc2ccccc12. The highest BCUT2D eigenvalue weighted by Gasteiger charge is 2.17. The van der Waals surface area contributed by atoms with Gasteiger partial charge >= 0.3 is 0 Å². The van der Waals surface area contributed by atoms with Crippen LogP contribution in [-0.4, -0.2) is 0 Å². The molecule has 0 bridgehead atoms. The van der Waals surface area contributed by atoms with Gasteiger partial charge in [-0.15, -0.1) is 11.3 Å². The van der Waals surface area contributed by atoms with Gasteiger partial charge in [0.15, 0.2) is 0 Å². The molecule has 0 fully saturated rings. The first-order valence-electron chi connectivity index (χ1n) is 5.94. The highest BCUT2D eigenvalue weighted by molar-refractivity contribution is 9.11. The van der Waals surface area contributed by atoms with Crippen LogP contribution in [0.4, 0.5) is 0 Å². The molecule has 2 heterocycles. The van der Waals surface area contributed by atoms with Crippen LogP contribution >= 0.6 is 27.3 Å². The van der Waals surface area contributed by atoms with Crippen molar-refractivity contribution in [2.75, 3.05) is 0 Å². The van der Waals surface area contributed by atoms with Crippen LogP contribution in [0.15, 0.2) is 50.9 Å². The molecule has 0 spiro atoms. The maximum absolute atomic E-state index is 5.71. The van der Waals surface area contributed by atoms with Gasteiger partial charge in [0.25, 0.3) is 0 Å². The summed E-state index contributed by atoms with van der Waals surface area (Å²) in [5.74, 6) is 5.71. The van der Waals surface area contributed by atoms with Gasteiger partial charge in [-0.1, -0.05) is 18.2 Å². The second-order valence-corrected chi connectivity index (χ2v) is 6.86. The number of hydrogen-bond acceptors (Lipinski definition) is 4. The van der Waals surface area contributed by atoms with E-state index in [1.165, 1.54) is 4.88 Å². The summed E-state index contributed by atoms with van der Waals surface area (Å²) < 4.78 is 6.71. The Morgan fingerprint density at radius 1 is 1.26 bits per heavy atom. The van der Waals surface area contributed by atoms with E-state index in [1.54, 1.807) is 17.6 Å². The Labute approximate surface area is 123 Å². The molecule has 1 unspecified atom stereocenters. The number of hydrogen-bond donors (Lipinski definition) is 2. The topological polar surface area (TPSA) is 51.2 Å². The normalized spacial score (nSPS) is 12.9. The third kappa shape index (κ3) is 2.60. The summed E-state index contributed by atoms with van der Waals surface area (Å²) in [7, 11) is 0. The number of furan rings is 1. The average molecular weight is 337 g/mol. The maximum atomic E-state index is 5.71. The fourth-order valence-corrected chi connectivity index (χ4v) is 3.72. The van der Waals surface area contributed by atoms with E-state index < -0.39 is 0 Å². The Balaban J connectivity index is 1.93. The lowest BCUT2D eigenvalue weighted by molar-refractivity contribution is 0.539. The Morgan fingerprint density at radius 2 is 2.11 bits per heavy atom. The second-order valence-electron chi connectivity index (χ2n) is 4.32. The molecule has 3 N–H and O–H groups in total. The van der Waals surface area contributed by atoms with Crippen molar-refractivity contribution in [3.63, 3.8) is 0 Å². The number of benzene rings is 1. The van der Waals surface area contributed by atoms with Gasteiger partial charge in [0.2, 0.25) is 0 Å². The van der Waals surface area contributed by atoms with Crippen LogP contribution in [0.2, 0.25) is 0 Å². The summed E-state index contributed by atoms with van der Waals surface area (Å²) in [5, 5.41) is 1.11. The molecular weight excluding hydrogens is 324 g/mol. The minimum atomic E-state index is 0.0502. The molecule has 3 rings (SSSR count).